The van der Waals surface area contributed by atoms with Crippen molar-refractivity contribution in [1.82, 2.24) is 9.97 Å². The van der Waals surface area contributed by atoms with Crippen LogP contribution in [0.5, 0.6) is 0 Å². The molecule has 1 N–H and O–H groups in total. The van der Waals surface area contributed by atoms with Crippen LogP contribution in [0.25, 0.3) is 11.1 Å². The van der Waals surface area contributed by atoms with Gasteiger partial charge in [0.25, 0.3) is 0 Å². The topological polar surface area (TPSA) is 72.3 Å². The number of aliphatic hydroxyl groups is 1. The molecule has 170 valence electrons. The highest BCUT2D eigenvalue weighted by Gasteiger charge is 2.50. The fourth-order valence-electron chi connectivity index (χ4n) is 5.51. The molecule has 1 fully saturated rings. The van der Waals surface area contributed by atoms with Crippen molar-refractivity contribution in [2.24, 2.45) is 0 Å². The highest BCUT2D eigenvalue weighted by molar-refractivity contribution is 5.96. The standard InChI is InChI=1S/C27H30N3O3/c1-30(18-7-14-25-28-15-8-16-29-25)17-6-9-20(30)19-33-26(31)27(32)23-12-4-2-10-21(23)22-11-3-5-13-24(22)27/h2-5,8,10-13,15-16,20,32H,6-7,9,14,17-19H2,1H3/q+1/t20-,30?/m1/s1. The molecule has 1 aliphatic heterocycles. The maximum absolute atomic E-state index is 13.4. The summed E-state index contributed by atoms with van der Waals surface area (Å²) in [6.07, 6.45) is 7.50. The average Bonchev–Trinajstić information content (AvgIpc) is 3.34. The van der Waals surface area contributed by atoms with Crippen LogP contribution in [0.15, 0.2) is 67.0 Å². The van der Waals surface area contributed by atoms with Crippen LogP contribution in [0.2, 0.25) is 0 Å². The van der Waals surface area contributed by atoms with E-state index in [0.717, 1.165) is 60.2 Å². The normalized spacial score (nSPS) is 22.5. The number of esters is 1. The van der Waals surface area contributed by atoms with E-state index in [2.05, 4.69) is 17.0 Å². The second-order valence-corrected chi connectivity index (χ2v) is 9.39. The van der Waals surface area contributed by atoms with Gasteiger partial charge < -0.3 is 14.3 Å². The fourth-order valence-corrected chi connectivity index (χ4v) is 5.51. The quantitative estimate of drug-likeness (QED) is 0.446. The molecule has 3 aromatic rings. The van der Waals surface area contributed by atoms with Crippen LogP contribution >= 0.6 is 0 Å². The van der Waals surface area contributed by atoms with Crippen LogP contribution in [-0.2, 0) is 21.6 Å². The summed E-state index contributed by atoms with van der Waals surface area (Å²) in [5.41, 5.74) is 1.21. The van der Waals surface area contributed by atoms with E-state index in [1.807, 2.05) is 54.6 Å². The first kappa shape index (κ1) is 21.7. The molecule has 0 bridgehead atoms. The number of aromatic nitrogens is 2. The molecule has 1 aliphatic carbocycles. The second kappa shape index (κ2) is 8.69. The highest BCUT2D eigenvalue weighted by Crippen LogP contribution is 2.48. The number of hydrogen-bond acceptors (Lipinski definition) is 5. The zero-order valence-corrected chi connectivity index (χ0v) is 19.0. The molecule has 2 heterocycles. The first-order chi connectivity index (χ1) is 16.0. The van der Waals surface area contributed by atoms with Crippen molar-refractivity contribution in [2.45, 2.75) is 37.3 Å². The Balaban J connectivity index is 1.27. The van der Waals surface area contributed by atoms with E-state index in [1.165, 1.54) is 0 Å². The van der Waals surface area contributed by atoms with Gasteiger partial charge in [0.1, 0.15) is 18.5 Å². The Hall–Kier alpha value is -3.09. The van der Waals surface area contributed by atoms with Crippen LogP contribution in [0.1, 0.15) is 36.2 Å². The van der Waals surface area contributed by atoms with Gasteiger partial charge >= 0.3 is 5.97 Å². The molecule has 0 spiro atoms. The van der Waals surface area contributed by atoms with E-state index >= 15 is 0 Å². The summed E-state index contributed by atoms with van der Waals surface area (Å²) in [5, 5.41) is 11.6. The number of fused-ring (bicyclic) bond motifs is 3. The highest BCUT2D eigenvalue weighted by atomic mass is 16.6. The van der Waals surface area contributed by atoms with Gasteiger partial charge in [0.15, 0.2) is 0 Å². The number of nitrogens with zero attached hydrogens (tertiary/aromatic N) is 3. The summed E-state index contributed by atoms with van der Waals surface area (Å²) in [5.74, 6) is 0.281. The average molecular weight is 445 g/mol. The summed E-state index contributed by atoms with van der Waals surface area (Å²) in [6, 6.07) is 17.1. The van der Waals surface area contributed by atoms with Gasteiger partial charge in [-0.05, 0) is 17.2 Å². The van der Waals surface area contributed by atoms with Crippen LogP contribution in [0, 0.1) is 0 Å². The molecule has 0 radical (unpaired) electrons. The zero-order chi connectivity index (χ0) is 22.9. The largest absolute Gasteiger partial charge is 0.457 e. The predicted octanol–water partition coefficient (Wildman–Crippen LogP) is 3.48. The number of aryl methyl sites for hydroxylation is 1. The SMILES string of the molecule is C[N+]1(CCCc2ncccn2)CCC[C@@H]1COC(=O)C1(O)c2ccccc2-c2ccccc21. The third-order valence-corrected chi connectivity index (χ3v) is 7.40. The first-order valence-corrected chi connectivity index (χ1v) is 11.7. The summed E-state index contributed by atoms with van der Waals surface area (Å²) < 4.78 is 6.72. The van der Waals surface area contributed by atoms with E-state index in [0.29, 0.717) is 17.7 Å². The Morgan fingerprint density at radius 3 is 2.36 bits per heavy atom. The molecule has 6 heteroatoms. The number of benzene rings is 2. The molecule has 1 aromatic heterocycles. The summed E-state index contributed by atoms with van der Waals surface area (Å²) >= 11 is 0. The van der Waals surface area contributed by atoms with Crippen molar-refractivity contribution in [3.63, 3.8) is 0 Å². The third kappa shape index (κ3) is 3.83. The summed E-state index contributed by atoms with van der Waals surface area (Å²) in [7, 11) is 2.24. The number of likely N-dealkylation sites (tertiary alicyclic amines) is 1. The Labute approximate surface area is 194 Å². The van der Waals surface area contributed by atoms with Gasteiger partial charge in [-0.2, -0.15) is 0 Å². The van der Waals surface area contributed by atoms with Crippen LogP contribution in [0.3, 0.4) is 0 Å². The van der Waals surface area contributed by atoms with Gasteiger partial charge in [-0.1, -0.05) is 48.5 Å². The van der Waals surface area contributed by atoms with Crippen LogP contribution in [0.4, 0.5) is 0 Å². The molecule has 0 amide bonds. The molecule has 2 atom stereocenters. The molecular weight excluding hydrogens is 414 g/mol. The molecule has 2 aliphatic rings. The number of rotatable bonds is 7. The first-order valence-electron chi connectivity index (χ1n) is 11.7. The van der Waals surface area contributed by atoms with Crippen LogP contribution in [-0.4, -0.2) is 58.3 Å². The van der Waals surface area contributed by atoms with Crippen molar-refractivity contribution in [3.05, 3.63) is 83.9 Å². The molecule has 1 saturated heterocycles. The number of likely N-dealkylation sites (N-methyl/N-ethyl adjacent to an activating group) is 1. The van der Waals surface area contributed by atoms with Gasteiger partial charge in [-0.15, -0.1) is 0 Å². The maximum Gasteiger partial charge on any atom is 0.347 e. The van der Waals surface area contributed by atoms with Gasteiger partial charge in [-0.3, -0.25) is 0 Å². The fraction of sp³-hybridized carbons (Fsp3) is 0.370. The van der Waals surface area contributed by atoms with Gasteiger partial charge in [0.2, 0.25) is 5.60 Å². The van der Waals surface area contributed by atoms with E-state index in [4.69, 9.17) is 4.74 Å². The van der Waals surface area contributed by atoms with Crippen LogP contribution < -0.4 is 0 Å². The van der Waals surface area contributed by atoms with Crippen molar-refractivity contribution >= 4 is 5.97 Å². The van der Waals surface area contributed by atoms with Gasteiger partial charge in [-0.25, -0.2) is 14.8 Å². The minimum atomic E-state index is -1.76. The molecule has 33 heavy (non-hydrogen) atoms. The number of ether oxygens (including phenoxy) is 1. The molecule has 2 aromatic carbocycles. The van der Waals surface area contributed by atoms with Gasteiger partial charge in [0.05, 0.1) is 20.1 Å². The van der Waals surface area contributed by atoms with Crippen molar-refractivity contribution < 1.29 is 19.1 Å². The van der Waals surface area contributed by atoms with E-state index in [1.54, 1.807) is 12.4 Å². The summed E-state index contributed by atoms with van der Waals surface area (Å²) in [6.45, 7) is 2.36. The Kier molecular flexibility index (Phi) is 5.72. The maximum atomic E-state index is 13.4. The lowest BCUT2D eigenvalue weighted by molar-refractivity contribution is -0.921. The third-order valence-electron chi connectivity index (χ3n) is 7.40. The monoisotopic (exact) mass is 444 g/mol. The van der Waals surface area contributed by atoms with Crippen molar-refractivity contribution in [3.8, 4) is 11.1 Å². The molecular formula is C27H30N3O3+. The summed E-state index contributed by atoms with van der Waals surface area (Å²) in [4.78, 5) is 22.0. The Bertz CT molecular complexity index is 1100. The Morgan fingerprint density at radius 1 is 1.06 bits per heavy atom. The molecule has 5 rings (SSSR count). The lowest BCUT2D eigenvalue weighted by atomic mass is 9.91. The van der Waals surface area contributed by atoms with E-state index in [-0.39, 0.29) is 6.04 Å². The lowest BCUT2D eigenvalue weighted by Gasteiger charge is -2.36. The number of hydrogen-bond donors (Lipinski definition) is 1. The zero-order valence-electron chi connectivity index (χ0n) is 19.0. The number of quaternary nitrogens is 1. The molecule has 6 nitrogen and oxygen atoms in total. The second-order valence-electron chi connectivity index (χ2n) is 9.39. The Morgan fingerprint density at radius 2 is 1.70 bits per heavy atom. The molecule has 1 unspecified atom stereocenters. The smallest absolute Gasteiger partial charge is 0.347 e. The van der Waals surface area contributed by atoms with Crippen molar-refractivity contribution in [2.75, 3.05) is 26.7 Å². The molecule has 0 saturated carbocycles. The van der Waals surface area contributed by atoms with E-state index < -0.39 is 11.6 Å². The predicted molar refractivity (Wildman–Crippen MR) is 125 cm³/mol. The minimum absolute atomic E-state index is 0.223. The van der Waals surface area contributed by atoms with Crippen molar-refractivity contribution in [1.29, 1.82) is 0 Å². The lowest BCUT2D eigenvalue weighted by Crippen LogP contribution is -2.51. The van der Waals surface area contributed by atoms with Gasteiger partial charge in [0, 0.05) is 49.2 Å². The number of carbonyl (C=O) groups is 1. The number of carbonyl (C=O) groups excluding carboxylic acids is 1. The van der Waals surface area contributed by atoms with E-state index in [9.17, 15) is 9.90 Å². The minimum Gasteiger partial charge on any atom is -0.457 e.